The number of aryl methyl sites for hydroxylation is 3. The van der Waals surface area contributed by atoms with Gasteiger partial charge in [-0.3, -0.25) is 4.79 Å². The van der Waals surface area contributed by atoms with Crippen LogP contribution in [0.5, 0.6) is 5.75 Å². The van der Waals surface area contributed by atoms with Gasteiger partial charge in [0, 0.05) is 11.6 Å². The van der Waals surface area contributed by atoms with Crippen LogP contribution in [0.15, 0.2) is 30.3 Å². The Balaban J connectivity index is 2.13. The van der Waals surface area contributed by atoms with Crippen LogP contribution in [0, 0.1) is 32.4 Å². The second-order valence-electron chi connectivity index (χ2n) is 5.06. The lowest BCUT2D eigenvalue weighted by molar-refractivity contribution is 0.0920. The third-order valence-corrected chi connectivity index (χ3v) is 3.22. The molecule has 0 unspecified atom stereocenters. The number of carbonyl (C=O) groups excluding carboxylic acids is 1. The molecule has 4 heteroatoms. The van der Waals surface area contributed by atoms with Crippen molar-refractivity contribution in [2.75, 3.05) is 6.61 Å². The van der Waals surface area contributed by atoms with Gasteiger partial charge in [-0.1, -0.05) is 17.7 Å². The fourth-order valence-corrected chi connectivity index (χ4v) is 2.41. The minimum absolute atomic E-state index is 0.129. The highest BCUT2D eigenvalue weighted by Gasteiger charge is 2.14. The van der Waals surface area contributed by atoms with E-state index in [0.29, 0.717) is 5.56 Å². The van der Waals surface area contributed by atoms with Gasteiger partial charge in [0.05, 0.1) is 0 Å². The molecule has 2 nitrogen and oxygen atoms in total. The van der Waals surface area contributed by atoms with Crippen LogP contribution in [0.1, 0.15) is 27.0 Å². The second kappa shape index (κ2) is 6.04. The summed E-state index contributed by atoms with van der Waals surface area (Å²) in [5.74, 6) is -2.00. The zero-order valence-electron chi connectivity index (χ0n) is 12.2. The molecule has 0 bridgehead atoms. The van der Waals surface area contributed by atoms with Crippen molar-refractivity contribution in [3.63, 3.8) is 0 Å². The van der Waals surface area contributed by atoms with Crippen molar-refractivity contribution in [3.05, 3.63) is 64.2 Å². The number of halogens is 2. The lowest BCUT2D eigenvalue weighted by Crippen LogP contribution is -2.14. The maximum Gasteiger partial charge on any atom is 0.200 e. The maximum absolute atomic E-state index is 13.1. The first kappa shape index (κ1) is 15.2. The van der Waals surface area contributed by atoms with Crippen molar-refractivity contribution >= 4 is 5.78 Å². The Bertz CT molecular complexity index is 670. The van der Waals surface area contributed by atoms with Crippen LogP contribution >= 0.6 is 0 Å². The molecule has 2 aromatic carbocycles. The van der Waals surface area contributed by atoms with E-state index in [0.717, 1.165) is 28.8 Å². The van der Waals surface area contributed by atoms with Crippen molar-refractivity contribution in [1.82, 2.24) is 0 Å². The second-order valence-corrected chi connectivity index (χ2v) is 5.06. The summed E-state index contributed by atoms with van der Waals surface area (Å²) in [4.78, 5) is 12.2. The molecule has 0 spiro atoms. The molecule has 0 amide bonds. The Morgan fingerprint density at radius 2 is 1.62 bits per heavy atom. The topological polar surface area (TPSA) is 26.3 Å². The third-order valence-electron chi connectivity index (χ3n) is 3.22. The summed E-state index contributed by atoms with van der Waals surface area (Å²) in [7, 11) is 0. The van der Waals surface area contributed by atoms with E-state index in [4.69, 9.17) is 4.74 Å². The lowest BCUT2D eigenvalue weighted by Gasteiger charge is -2.11. The molecule has 0 heterocycles. The molecular formula is C17H16F2O2. The molecule has 0 fully saturated rings. The number of hydrogen-bond donors (Lipinski definition) is 0. The van der Waals surface area contributed by atoms with Crippen LogP contribution < -0.4 is 4.74 Å². The first-order chi connectivity index (χ1) is 9.88. The highest BCUT2D eigenvalue weighted by Crippen LogP contribution is 2.19. The molecular weight excluding hydrogens is 274 g/mol. The van der Waals surface area contributed by atoms with Crippen LogP contribution in [-0.4, -0.2) is 12.4 Å². The predicted molar refractivity (Wildman–Crippen MR) is 76.8 cm³/mol. The minimum Gasteiger partial charge on any atom is -0.485 e. The van der Waals surface area contributed by atoms with E-state index in [-0.39, 0.29) is 18.1 Å². The summed E-state index contributed by atoms with van der Waals surface area (Å²) < 4.78 is 31.1. The normalized spacial score (nSPS) is 10.5. The Morgan fingerprint density at radius 3 is 2.19 bits per heavy atom. The molecule has 2 rings (SSSR count). The number of carbonyl (C=O) groups is 1. The number of Topliss-reactive ketones (excluding diaryl/α,β-unsaturated/α-hetero) is 1. The predicted octanol–water partition coefficient (Wildman–Crippen LogP) is 4.15. The van der Waals surface area contributed by atoms with Crippen molar-refractivity contribution in [2.45, 2.75) is 20.8 Å². The molecule has 0 N–H and O–H groups in total. The third kappa shape index (κ3) is 3.45. The summed E-state index contributed by atoms with van der Waals surface area (Å²) >= 11 is 0. The standard InChI is InChI=1S/C17H16F2O2/c1-10-6-11(2)17(12(3)7-10)16(20)9-21-13-4-5-14(18)15(19)8-13/h4-8H,9H2,1-3H3. The van der Waals surface area contributed by atoms with Gasteiger partial charge in [0.25, 0.3) is 0 Å². The molecule has 0 aromatic heterocycles. The Morgan fingerprint density at radius 1 is 1.00 bits per heavy atom. The minimum atomic E-state index is -0.998. The molecule has 2 aromatic rings. The van der Waals surface area contributed by atoms with Gasteiger partial charge < -0.3 is 4.74 Å². The molecule has 0 aliphatic carbocycles. The first-order valence-corrected chi connectivity index (χ1v) is 6.57. The fourth-order valence-electron chi connectivity index (χ4n) is 2.41. The summed E-state index contributed by atoms with van der Waals surface area (Å²) in [6.45, 7) is 5.48. The SMILES string of the molecule is Cc1cc(C)c(C(=O)COc2ccc(F)c(F)c2)c(C)c1. The Kier molecular flexibility index (Phi) is 4.36. The van der Waals surface area contributed by atoms with Gasteiger partial charge in [0.2, 0.25) is 5.78 Å². The van der Waals surface area contributed by atoms with Crippen LogP contribution in [0.25, 0.3) is 0 Å². The van der Waals surface area contributed by atoms with Crippen LogP contribution in [0.4, 0.5) is 8.78 Å². The molecule has 21 heavy (non-hydrogen) atoms. The highest BCUT2D eigenvalue weighted by molar-refractivity contribution is 6.00. The number of ether oxygens (including phenoxy) is 1. The molecule has 0 saturated heterocycles. The van der Waals surface area contributed by atoms with E-state index < -0.39 is 11.6 Å². The van der Waals surface area contributed by atoms with Gasteiger partial charge in [-0.05, 0) is 44.0 Å². The van der Waals surface area contributed by atoms with Gasteiger partial charge in [0.15, 0.2) is 18.2 Å². The van der Waals surface area contributed by atoms with Gasteiger partial charge in [0.1, 0.15) is 5.75 Å². The summed E-state index contributed by atoms with van der Waals surface area (Å²) in [5.41, 5.74) is 3.46. The van der Waals surface area contributed by atoms with Crippen molar-refractivity contribution in [3.8, 4) is 5.75 Å². The molecule has 110 valence electrons. The highest BCUT2D eigenvalue weighted by atomic mass is 19.2. The quantitative estimate of drug-likeness (QED) is 0.791. The molecule has 0 radical (unpaired) electrons. The van der Waals surface area contributed by atoms with Gasteiger partial charge in [-0.2, -0.15) is 0 Å². The molecule has 0 atom stereocenters. The summed E-state index contributed by atoms with van der Waals surface area (Å²) in [5, 5.41) is 0. The lowest BCUT2D eigenvalue weighted by atomic mass is 9.97. The van der Waals surface area contributed by atoms with Crippen LogP contribution in [-0.2, 0) is 0 Å². The Hall–Kier alpha value is -2.23. The average molecular weight is 290 g/mol. The summed E-state index contributed by atoms with van der Waals surface area (Å²) in [6, 6.07) is 7.05. The fraction of sp³-hybridized carbons (Fsp3) is 0.235. The average Bonchev–Trinajstić information content (AvgIpc) is 2.39. The molecule has 0 aliphatic heterocycles. The molecule has 0 aliphatic rings. The number of rotatable bonds is 4. The summed E-state index contributed by atoms with van der Waals surface area (Å²) in [6.07, 6.45) is 0. The maximum atomic E-state index is 13.1. The van der Waals surface area contributed by atoms with E-state index in [1.165, 1.54) is 6.07 Å². The smallest absolute Gasteiger partial charge is 0.200 e. The van der Waals surface area contributed by atoms with E-state index >= 15 is 0 Å². The van der Waals surface area contributed by atoms with E-state index in [9.17, 15) is 13.6 Å². The number of benzene rings is 2. The van der Waals surface area contributed by atoms with E-state index in [1.54, 1.807) is 0 Å². The monoisotopic (exact) mass is 290 g/mol. The largest absolute Gasteiger partial charge is 0.485 e. The van der Waals surface area contributed by atoms with Crippen LogP contribution in [0.2, 0.25) is 0 Å². The van der Waals surface area contributed by atoms with Crippen molar-refractivity contribution < 1.29 is 18.3 Å². The van der Waals surface area contributed by atoms with E-state index in [1.807, 2.05) is 32.9 Å². The van der Waals surface area contributed by atoms with Crippen LogP contribution in [0.3, 0.4) is 0 Å². The zero-order chi connectivity index (χ0) is 15.6. The number of hydrogen-bond acceptors (Lipinski definition) is 2. The molecule has 0 saturated carbocycles. The van der Waals surface area contributed by atoms with Gasteiger partial charge in [-0.25, -0.2) is 8.78 Å². The van der Waals surface area contributed by atoms with Gasteiger partial charge in [-0.15, -0.1) is 0 Å². The first-order valence-electron chi connectivity index (χ1n) is 6.57. The van der Waals surface area contributed by atoms with Crippen molar-refractivity contribution in [2.24, 2.45) is 0 Å². The number of ketones is 1. The zero-order valence-corrected chi connectivity index (χ0v) is 12.2. The van der Waals surface area contributed by atoms with E-state index in [2.05, 4.69) is 0 Å². The van der Waals surface area contributed by atoms with Crippen molar-refractivity contribution in [1.29, 1.82) is 0 Å². The van der Waals surface area contributed by atoms with Gasteiger partial charge >= 0.3 is 0 Å². The Labute approximate surface area is 122 Å².